The zero-order valence-corrected chi connectivity index (χ0v) is 39.2. The van der Waals surface area contributed by atoms with Crippen LogP contribution in [-0.2, 0) is 10.8 Å². The SMILES string of the molecule is Cc1c(C)[n+](-c2cccc(C(C)(C)c3ccccc3)c2)[c-]n1-c1cc(Oc2ccc3c4ccccc4n(-c4cc(C(C)(C)c5ccccc5)ccn4)c3c2)cc(-c2ccccc2C(C)C)c1. The van der Waals surface area contributed by atoms with E-state index in [0.717, 1.165) is 62.1 Å². The molecular weight excluding hydrogens is 805 g/mol. The smallest absolute Gasteiger partial charge is 0.269 e. The number of aromatic nitrogens is 4. The molecule has 0 unspecified atom stereocenters. The zero-order chi connectivity index (χ0) is 45.7. The van der Waals surface area contributed by atoms with Crippen LogP contribution in [-0.4, -0.2) is 14.1 Å². The van der Waals surface area contributed by atoms with Crippen molar-refractivity contribution in [2.75, 3.05) is 0 Å². The number of rotatable bonds is 11. The molecule has 0 saturated heterocycles. The van der Waals surface area contributed by atoms with E-state index in [4.69, 9.17) is 9.72 Å². The molecule has 0 saturated carbocycles. The van der Waals surface area contributed by atoms with Gasteiger partial charge in [0.1, 0.15) is 17.3 Å². The second-order valence-corrected chi connectivity index (χ2v) is 19.0. The first kappa shape index (κ1) is 42.5. The summed E-state index contributed by atoms with van der Waals surface area (Å²) in [5.41, 5.74) is 14.5. The average Bonchev–Trinajstić information content (AvgIpc) is 3.84. The molecule has 5 heteroatoms. The summed E-state index contributed by atoms with van der Waals surface area (Å²) in [6.07, 6.45) is 5.70. The number of pyridine rings is 1. The van der Waals surface area contributed by atoms with Gasteiger partial charge in [-0.25, -0.2) is 4.98 Å². The van der Waals surface area contributed by atoms with Crippen LogP contribution < -0.4 is 9.30 Å². The number of imidazole rings is 1. The fourth-order valence-corrected chi connectivity index (χ4v) is 9.67. The van der Waals surface area contributed by atoms with E-state index in [-0.39, 0.29) is 10.8 Å². The Morgan fingerprint density at radius 3 is 1.92 bits per heavy atom. The molecule has 0 amide bonds. The molecule has 7 aromatic carbocycles. The van der Waals surface area contributed by atoms with Gasteiger partial charge in [0.2, 0.25) is 0 Å². The molecular formula is C61H56N4O. The molecule has 10 rings (SSSR count). The van der Waals surface area contributed by atoms with Crippen molar-refractivity contribution in [3.63, 3.8) is 0 Å². The summed E-state index contributed by atoms with van der Waals surface area (Å²) in [6, 6.07) is 65.0. The van der Waals surface area contributed by atoms with Crippen molar-refractivity contribution in [1.29, 1.82) is 0 Å². The van der Waals surface area contributed by atoms with Gasteiger partial charge >= 0.3 is 0 Å². The second kappa shape index (κ2) is 16.8. The fourth-order valence-electron chi connectivity index (χ4n) is 9.67. The molecule has 10 aromatic rings. The van der Waals surface area contributed by atoms with Crippen LogP contribution in [0.25, 0.3) is 50.1 Å². The van der Waals surface area contributed by atoms with Crippen LogP contribution in [0.15, 0.2) is 188 Å². The summed E-state index contributed by atoms with van der Waals surface area (Å²) in [4.78, 5) is 5.00. The predicted molar refractivity (Wildman–Crippen MR) is 271 cm³/mol. The summed E-state index contributed by atoms with van der Waals surface area (Å²) >= 11 is 0. The van der Waals surface area contributed by atoms with Gasteiger partial charge in [0.25, 0.3) is 6.33 Å². The first-order chi connectivity index (χ1) is 31.9. The van der Waals surface area contributed by atoms with Crippen LogP contribution >= 0.6 is 0 Å². The Hall–Kier alpha value is -7.50. The monoisotopic (exact) mass is 860 g/mol. The number of benzene rings is 7. The number of hydrogen-bond donors (Lipinski definition) is 0. The Balaban J connectivity index is 1.08. The minimum absolute atomic E-state index is 0.176. The number of fused-ring (bicyclic) bond motifs is 3. The van der Waals surface area contributed by atoms with Crippen LogP contribution in [0.4, 0.5) is 0 Å². The van der Waals surface area contributed by atoms with Crippen LogP contribution in [0.3, 0.4) is 0 Å². The number of para-hydroxylation sites is 1. The Labute approximate surface area is 389 Å². The van der Waals surface area contributed by atoms with Gasteiger partial charge in [-0.05, 0) is 119 Å². The molecule has 3 heterocycles. The van der Waals surface area contributed by atoms with Gasteiger partial charge in [0.05, 0.1) is 33.8 Å². The van der Waals surface area contributed by atoms with E-state index >= 15 is 0 Å². The van der Waals surface area contributed by atoms with E-state index in [0.29, 0.717) is 5.92 Å². The highest BCUT2D eigenvalue weighted by molar-refractivity contribution is 6.09. The van der Waals surface area contributed by atoms with Gasteiger partial charge in [0, 0.05) is 33.9 Å². The zero-order valence-electron chi connectivity index (χ0n) is 39.2. The maximum absolute atomic E-state index is 7.02. The van der Waals surface area contributed by atoms with E-state index in [9.17, 15) is 0 Å². The first-order valence-corrected chi connectivity index (χ1v) is 23.1. The summed E-state index contributed by atoms with van der Waals surface area (Å²) in [7, 11) is 0. The average molecular weight is 861 g/mol. The molecule has 0 aliphatic heterocycles. The van der Waals surface area contributed by atoms with Gasteiger partial charge in [-0.3, -0.25) is 13.7 Å². The van der Waals surface area contributed by atoms with Crippen molar-refractivity contribution in [1.82, 2.24) is 14.1 Å². The van der Waals surface area contributed by atoms with Crippen LogP contribution in [0.2, 0.25) is 0 Å². The Bertz CT molecular complexity index is 3390. The standard InChI is InChI=1S/C61H56N4O/c1-41(2)53-26-15-16-27-54(53)44-34-50(64-40-63(42(3)43(64)4)49-25-19-24-47(36-49)60(5,6)45-20-11-9-12-21-45)38-52(35-44)66-51-30-31-56-55-28-17-18-29-57(55)65(58(56)39-51)59-37-48(32-33-62-59)61(7,8)46-22-13-10-14-23-46/h9-39,41H,1-8H3. The molecule has 326 valence electrons. The van der Waals surface area contributed by atoms with Gasteiger partial charge < -0.3 is 4.74 Å². The third-order valence-electron chi connectivity index (χ3n) is 13.8. The molecule has 0 aliphatic carbocycles. The molecule has 0 radical (unpaired) electrons. The normalized spacial score (nSPS) is 12.1. The maximum Gasteiger partial charge on any atom is 0.269 e. The molecule has 0 spiro atoms. The maximum atomic E-state index is 7.02. The minimum Gasteiger partial charge on any atom is -0.458 e. The Morgan fingerprint density at radius 2 is 1.20 bits per heavy atom. The molecule has 66 heavy (non-hydrogen) atoms. The van der Waals surface area contributed by atoms with Crippen molar-refractivity contribution in [2.24, 2.45) is 0 Å². The summed E-state index contributed by atoms with van der Waals surface area (Å²) in [5, 5.41) is 2.31. The van der Waals surface area contributed by atoms with E-state index < -0.39 is 0 Å². The summed E-state index contributed by atoms with van der Waals surface area (Å²) < 4.78 is 13.7. The van der Waals surface area contributed by atoms with Gasteiger partial charge in [0.15, 0.2) is 0 Å². The topological polar surface area (TPSA) is 35.9 Å². The molecule has 0 atom stereocenters. The van der Waals surface area contributed by atoms with Gasteiger partial charge in [-0.15, -0.1) is 0 Å². The third kappa shape index (κ3) is 7.58. The van der Waals surface area contributed by atoms with E-state index in [1.807, 2.05) is 6.20 Å². The molecule has 0 aliphatic rings. The first-order valence-electron chi connectivity index (χ1n) is 23.1. The van der Waals surface area contributed by atoms with E-state index in [1.165, 1.54) is 38.8 Å². The predicted octanol–water partition coefficient (Wildman–Crippen LogP) is 14.9. The highest BCUT2D eigenvalue weighted by Crippen LogP contribution is 2.40. The van der Waals surface area contributed by atoms with Crippen LogP contribution in [0.1, 0.15) is 86.7 Å². The summed E-state index contributed by atoms with van der Waals surface area (Å²) in [6.45, 7) is 18.0. The molecule has 0 fully saturated rings. The number of ether oxygens (including phenoxy) is 1. The quantitative estimate of drug-likeness (QED) is 0.0959. The second-order valence-electron chi connectivity index (χ2n) is 19.0. The number of hydrogen-bond acceptors (Lipinski definition) is 2. The van der Waals surface area contributed by atoms with Crippen LogP contribution in [0, 0.1) is 20.2 Å². The summed E-state index contributed by atoms with van der Waals surface area (Å²) in [5.74, 6) is 2.68. The molecule has 0 bridgehead atoms. The highest BCUT2D eigenvalue weighted by Gasteiger charge is 2.26. The van der Waals surface area contributed by atoms with Gasteiger partial charge in [-0.1, -0.05) is 157 Å². The largest absolute Gasteiger partial charge is 0.458 e. The number of nitrogens with zero attached hydrogens (tertiary/aromatic N) is 4. The van der Waals surface area contributed by atoms with Crippen molar-refractivity contribution < 1.29 is 9.30 Å². The molecule has 0 N–H and O–H groups in total. The van der Waals surface area contributed by atoms with Crippen LogP contribution in [0.5, 0.6) is 11.5 Å². The van der Waals surface area contributed by atoms with Crippen molar-refractivity contribution in [3.05, 3.63) is 234 Å². The minimum atomic E-state index is -0.223. The third-order valence-corrected chi connectivity index (χ3v) is 13.8. The van der Waals surface area contributed by atoms with E-state index in [1.54, 1.807) is 0 Å². The lowest BCUT2D eigenvalue weighted by Gasteiger charge is -2.26. The van der Waals surface area contributed by atoms with Crippen molar-refractivity contribution >= 4 is 21.8 Å². The van der Waals surface area contributed by atoms with Crippen molar-refractivity contribution in [3.8, 4) is 39.8 Å². The highest BCUT2D eigenvalue weighted by atomic mass is 16.5. The van der Waals surface area contributed by atoms with E-state index in [2.05, 4.69) is 257 Å². The lowest BCUT2D eigenvalue weighted by molar-refractivity contribution is -0.606. The Morgan fingerprint density at radius 1 is 0.561 bits per heavy atom. The molecule has 5 nitrogen and oxygen atoms in total. The lowest BCUT2D eigenvalue weighted by Crippen LogP contribution is -2.33. The fraction of sp³-hybridized carbons (Fsp3) is 0.180. The molecule has 3 aromatic heterocycles. The lowest BCUT2D eigenvalue weighted by atomic mass is 9.78. The Kier molecular flexibility index (Phi) is 10.8. The van der Waals surface area contributed by atoms with Gasteiger partial charge in [-0.2, -0.15) is 0 Å². The van der Waals surface area contributed by atoms with Crippen molar-refractivity contribution in [2.45, 2.75) is 72.1 Å².